The Balaban J connectivity index is 1.93. The fourth-order valence-corrected chi connectivity index (χ4v) is 3.05. The summed E-state index contributed by atoms with van der Waals surface area (Å²) in [6, 6.07) is 14.1. The first-order chi connectivity index (χ1) is 10.0. The third kappa shape index (κ3) is 2.79. The lowest BCUT2D eigenvalue weighted by Gasteiger charge is -2.08. The van der Waals surface area contributed by atoms with Gasteiger partial charge in [0.2, 0.25) is 0 Å². The minimum atomic E-state index is 0.146. The zero-order chi connectivity index (χ0) is 15.0. The van der Waals surface area contributed by atoms with Crippen LogP contribution in [0.5, 0.6) is 0 Å². The van der Waals surface area contributed by atoms with Crippen molar-refractivity contribution < 1.29 is 4.79 Å². The summed E-state index contributed by atoms with van der Waals surface area (Å²) in [5.41, 5.74) is 4.11. The lowest BCUT2D eigenvalue weighted by molar-refractivity contribution is 0.0973. The predicted octanol–water partition coefficient (Wildman–Crippen LogP) is 4.90. The first kappa shape index (κ1) is 14.1. The van der Waals surface area contributed by atoms with Crippen molar-refractivity contribution in [1.29, 1.82) is 0 Å². The molecule has 0 unspecified atom stereocenters. The van der Waals surface area contributed by atoms with Crippen LogP contribution in [-0.4, -0.2) is 10.4 Å². The maximum Gasteiger partial charge on any atom is 0.182 e. The number of hydrogen-bond donors (Lipinski definition) is 0. The van der Waals surface area contributed by atoms with E-state index < -0.39 is 0 Å². The zero-order valence-corrected chi connectivity index (χ0v) is 13.6. The molecule has 2 aromatic carbocycles. The number of fused-ring (bicyclic) bond motifs is 1. The third-order valence-electron chi connectivity index (χ3n) is 3.73. The number of nitrogens with zero attached hydrogens (tertiary/aromatic N) is 1. The standard InChI is InChI=1S/C18H16BrNO/c1-12-3-5-16(13(2)9-12)18(21)11-20-8-7-14-10-15(19)4-6-17(14)20/h3-10H,11H2,1-2H3. The predicted molar refractivity (Wildman–Crippen MR) is 89.9 cm³/mol. The number of aryl methyl sites for hydroxylation is 2. The van der Waals surface area contributed by atoms with E-state index in [9.17, 15) is 4.79 Å². The Labute approximate surface area is 132 Å². The van der Waals surface area contributed by atoms with Crippen molar-refractivity contribution in [2.75, 3.05) is 0 Å². The summed E-state index contributed by atoms with van der Waals surface area (Å²) in [6.07, 6.45) is 1.97. The third-order valence-corrected chi connectivity index (χ3v) is 4.22. The van der Waals surface area contributed by atoms with Crippen molar-refractivity contribution in [3.63, 3.8) is 0 Å². The highest BCUT2D eigenvalue weighted by atomic mass is 79.9. The summed E-state index contributed by atoms with van der Waals surface area (Å²) in [5, 5.41) is 1.14. The van der Waals surface area contributed by atoms with E-state index >= 15 is 0 Å². The van der Waals surface area contributed by atoms with Crippen LogP contribution in [0.2, 0.25) is 0 Å². The maximum atomic E-state index is 12.5. The van der Waals surface area contributed by atoms with Crippen molar-refractivity contribution >= 4 is 32.6 Å². The highest BCUT2D eigenvalue weighted by Gasteiger charge is 2.11. The van der Waals surface area contributed by atoms with Crippen LogP contribution in [0.1, 0.15) is 21.5 Å². The minimum Gasteiger partial charge on any atom is -0.340 e. The van der Waals surface area contributed by atoms with Crippen LogP contribution in [0, 0.1) is 13.8 Å². The molecule has 1 aromatic heterocycles. The van der Waals surface area contributed by atoms with Gasteiger partial charge in [-0.2, -0.15) is 0 Å². The van der Waals surface area contributed by atoms with Crippen LogP contribution in [0.4, 0.5) is 0 Å². The second-order valence-electron chi connectivity index (χ2n) is 5.39. The van der Waals surface area contributed by atoms with Gasteiger partial charge in [0.05, 0.1) is 6.54 Å². The molecule has 0 amide bonds. The molecule has 0 radical (unpaired) electrons. The quantitative estimate of drug-likeness (QED) is 0.620. The topological polar surface area (TPSA) is 22.0 Å². The summed E-state index contributed by atoms with van der Waals surface area (Å²) >= 11 is 3.47. The molecule has 0 aliphatic carbocycles. The zero-order valence-electron chi connectivity index (χ0n) is 12.1. The molecule has 0 bridgehead atoms. The summed E-state index contributed by atoms with van der Waals surface area (Å²) in [6.45, 7) is 4.40. The van der Waals surface area contributed by atoms with Gasteiger partial charge in [-0.1, -0.05) is 39.7 Å². The Morgan fingerprint density at radius 3 is 2.67 bits per heavy atom. The van der Waals surface area contributed by atoms with Gasteiger partial charge >= 0.3 is 0 Å². The Morgan fingerprint density at radius 2 is 1.90 bits per heavy atom. The SMILES string of the molecule is Cc1ccc(C(=O)Cn2ccc3cc(Br)ccc32)c(C)c1. The highest BCUT2D eigenvalue weighted by molar-refractivity contribution is 9.10. The second kappa shape index (κ2) is 5.49. The molecule has 1 heterocycles. The van der Waals surface area contributed by atoms with E-state index in [-0.39, 0.29) is 5.78 Å². The molecule has 3 aromatic rings. The van der Waals surface area contributed by atoms with Crippen LogP contribution in [0.25, 0.3) is 10.9 Å². The Kier molecular flexibility index (Phi) is 3.68. The van der Waals surface area contributed by atoms with Crippen molar-refractivity contribution in [1.82, 2.24) is 4.57 Å². The van der Waals surface area contributed by atoms with E-state index in [4.69, 9.17) is 0 Å². The van der Waals surface area contributed by atoms with Gasteiger partial charge in [0.1, 0.15) is 0 Å². The Hall–Kier alpha value is -1.87. The molecule has 0 saturated heterocycles. The number of benzene rings is 2. The van der Waals surface area contributed by atoms with Gasteiger partial charge in [0.25, 0.3) is 0 Å². The highest BCUT2D eigenvalue weighted by Crippen LogP contribution is 2.21. The van der Waals surface area contributed by atoms with Gasteiger partial charge < -0.3 is 4.57 Å². The fraction of sp³-hybridized carbons (Fsp3) is 0.167. The van der Waals surface area contributed by atoms with Crippen molar-refractivity contribution in [3.8, 4) is 0 Å². The molecule has 0 aliphatic rings. The van der Waals surface area contributed by atoms with E-state index in [2.05, 4.69) is 28.1 Å². The van der Waals surface area contributed by atoms with Gasteiger partial charge in [-0.25, -0.2) is 0 Å². The Bertz CT molecular complexity index is 832. The van der Waals surface area contributed by atoms with Gasteiger partial charge in [-0.3, -0.25) is 4.79 Å². The second-order valence-corrected chi connectivity index (χ2v) is 6.30. The molecular formula is C18H16BrNO. The normalized spacial score (nSPS) is 11.0. The number of carbonyl (C=O) groups excluding carboxylic acids is 1. The lowest BCUT2D eigenvalue weighted by Crippen LogP contribution is -2.11. The summed E-state index contributed by atoms with van der Waals surface area (Å²) in [5.74, 6) is 0.146. The molecule has 3 rings (SSSR count). The molecule has 0 N–H and O–H groups in total. The molecule has 0 aliphatic heterocycles. The van der Waals surface area contributed by atoms with Gasteiger partial charge in [-0.15, -0.1) is 0 Å². The molecule has 21 heavy (non-hydrogen) atoms. The Morgan fingerprint density at radius 1 is 1.10 bits per heavy atom. The van der Waals surface area contributed by atoms with Gasteiger partial charge in [0, 0.05) is 27.1 Å². The largest absolute Gasteiger partial charge is 0.340 e. The van der Waals surface area contributed by atoms with Crippen molar-refractivity contribution in [3.05, 3.63) is 69.8 Å². The van der Waals surface area contributed by atoms with Crippen LogP contribution < -0.4 is 0 Å². The van der Waals surface area contributed by atoms with Crippen LogP contribution in [0.3, 0.4) is 0 Å². The number of rotatable bonds is 3. The smallest absolute Gasteiger partial charge is 0.182 e. The number of aromatic nitrogens is 1. The van der Waals surface area contributed by atoms with Crippen molar-refractivity contribution in [2.24, 2.45) is 0 Å². The average Bonchev–Trinajstić information content (AvgIpc) is 2.80. The first-order valence-electron chi connectivity index (χ1n) is 6.89. The fourth-order valence-electron chi connectivity index (χ4n) is 2.68. The number of halogens is 1. The minimum absolute atomic E-state index is 0.146. The van der Waals surface area contributed by atoms with E-state index in [1.54, 1.807) is 0 Å². The molecule has 106 valence electrons. The van der Waals surface area contributed by atoms with E-state index in [1.165, 1.54) is 5.56 Å². The van der Waals surface area contributed by atoms with Gasteiger partial charge in [0.15, 0.2) is 5.78 Å². The monoisotopic (exact) mass is 341 g/mol. The maximum absolute atomic E-state index is 12.5. The number of Topliss-reactive ketones (excluding diaryl/α,β-unsaturated/α-hetero) is 1. The van der Waals surface area contributed by atoms with Crippen LogP contribution >= 0.6 is 15.9 Å². The summed E-state index contributed by atoms with van der Waals surface area (Å²) in [7, 11) is 0. The first-order valence-corrected chi connectivity index (χ1v) is 7.69. The molecule has 2 nitrogen and oxygen atoms in total. The van der Waals surface area contributed by atoms with Crippen molar-refractivity contribution in [2.45, 2.75) is 20.4 Å². The average molecular weight is 342 g/mol. The molecule has 0 fully saturated rings. The van der Waals surface area contributed by atoms with Crippen LogP contribution in [-0.2, 0) is 6.54 Å². The number of hydrogen-bond acceptors (Lipinski definition) is 1. The molecule has 0 atom stereocenters. The molecule has 3 heteroatoms. The van der Waals surface area contributed by atoms with E-state index in [0.717, 1.165) is 26.5 Å². The summed E-state index contributed by atoms with van der Waals surface area (Å²) in [4.78, 5) is 12.5. The van der Waals surface area contributed by atoms with Crippen LogP contribution in [0.15, 0.2) is 53.1 Å². The summed E-state index contributed by atoms with van der Waals surface area (Å²) < 4.78 is 3.05. The van der Waals surface area contributed by atoms with E-state index in [1.807, 2.05) is 54.9 Å². The van der Waals surface area contributed by atoms with E-state index in [0.29, 0.717) is 6.54 Å². The van der Waals surface area contributed by atoms with Gasteiger partial charge in [-0.05, 0) is 43.7 Å². The lowest BCUT2D eigenvalue weighted by atomic mass is 10.0. The number of carbonyl (C=O) groups is 1. The molecule has 0 saturated carbocycles. The molecular weight excluding hydrogens is 326 g/mol. The molecule has 0 spiro atoms. The number of ketones is 1.